The molecule has 0 radical (unpaired) electrons. The number of hydrogen-bond donors (Lipinski definition) is 1. The molecule has 1 aromatic heterocycles. The Morgan fingerprint density at radius 2 is 2.16 bits per heavy atom. The molecule has 2 aromatic rings. The predicted octanol–water partition coefficient (Wildman–Crippen LogP) is 4.73. The van der Waals surface area contributed by atoms with Crippen LogP contribution in [-0.2, 0) is 0 Å². The molecule has 0 aliphatic carbocycles. The summed E-state index contributed by atoms with van der Waals surface area (Å²) in [6.45, 7) is 1.90. The van der Waals surface area contributed by atoms with E-state index >= 15 is 0 Å². The van der Waals surface area contributed by atoms with Crippen molar-refractivity contribution in [3.05, 3.63) is 51.7 Å². The monoisotopic (exact) mass is 341 g/mol. The Hall–Kier alpha value is -1.10. The average molecular weight is 343 g/mol. The van der Waals surface area contributed by atoms with Crippen LogP contribution in [0.5, 0.6) is 11.5 Å². The molecule has 1 aromatic carbocycles. The number of hydrogen-bond acceptors (Lipinski definition) is 3. The zero-order chi connectivity index (χ0) is 13.8. The molecular weight excluding hydrogens is 330 g/mol. The summed E-state index contributed by atoms with van der Waals surface area (Å²) in [7, 11) is 0. The fourth-order valence-electron chi connectivity index (χ4n) is 1.54. The average Bonchev–Trinajstić information content (AvgIpc) is 2.42. The van der Waals surface area contributed by atoms with E-state index in [1.54, 1.807) is 30.5 Å². The van der Waals surface area contributed by atoms with Crippen LogP contribution in [0.2, 0.25) is 5.02 Å². The van der Waals surface area contributed by atoms with Crippen molar-refractivity contribution in [2.45, 2.75) is 19.4 Å². The second kappa shape index (κ2) is 6.37. The lowest BCUT2D eigenvalue weighted by atomic mass is 10.2. The predicted molar refractivity (Wildman–Crippen MR) is 78.7 cm³/mol. The normalized spacial score (nSPS) is 12.2. The van der Waals surface area contributed by atoms with Crippen LogP contribution in [0.15, 0.2) is 41.0 Å². The summed E-state index contributed by atoms with van der Waals surface area (Å²) in [6.07, 6.45) is 1.67. The number of benzene rings is 1. The lowest BCUT2D eigenvalue weighted by molar-refractivity contribution is 0.169. The maximum Gasteiger partial charge on any atom is 0.146 e. The van der Waals surface area contributed by atoms with Crippen LogP contribution in [-0.4, -0.2) is 10.1 Å². The summed E-state index contributed by atoms with van der Waals surface area (Å²) < 4.78 is 6.53. The van der Waals surface area contributed by atoms with Crippen LogP contribution in [0.1, 0.15) is 25.1 Å². The molecule has 100 valence electrons. The fraction of sp³-hybridized carbons (Fsp3) is 0.214. The first-order valence-electron chi connectivity index (χ1n) is 5.87. The Balaban J connectivity index is 2.15. The van der Waals surface area contributed by atoms with E-state index in [0.717, 1.165) is 4.47 Å². The Morgan fingerprint density at radius 3 is 2.74 bits per heavy atom. The maximum atomic E-state index is 9.65. The van der Waals surface area contributed by atoms with Gasteiger partial charge in [-0.2, -0.15) is 0 Å². The first-order chi connectivity index (χ1) is 9.10. The van der Waals surface area contributed by atoms with Gasteiger partial charge in [-0.3, -0.25) is 4.98 Å². The van der Waals surface area contributed by atoms with Crippen LogP contribution < -0.4 is 4.74 Å². The summed E-state index contributed by atoms with van der Waals surface area (Å²) in [4.78, 5) is 4.17. The first-order valence-corrected chi connectivity index (χ1v) is 7.04. The van der Waals surface area contributed by atoms with Crippen LogP contribution in [0.4, 0.5) is 0 Å². The Labute approximate surface area is 125 Å². The molecule has 0 bridgehead atoms. The van der Waals surface area contributed by atoms with Gasteiger partial charge in [0.1, 0.15) is 11.5 Å². The van der Waals surface area contributed by atoms with Crippen LogP contribution in [0.25, 0.3) is 0 Å². The summed E-state index contributed by atoms with van der Waals surface area (Å²) in [6, 6.07) is 8.90. The van der Waals surface area contributed by atoms with Crippen molar-refractivity contribution in [2.24, 2.45) is 0 Å². The van der Waals surface area contributed by atoms with Crippen molar-refractivity contribution >= 4 is 27.5 Å². The highest BCUT2D eigenvalue weighted by Gasteiger charge is 2.08. The molecule has 1 unspecified atom stereocenters. The third kappa shape index (κ3) is 3.69. The summed E-state index contributed by atoms with van der Waals surface area (Å²) in [5.74, 6) is 1.15. The van der Waals surface area contributed by atoms with E-state index in [1.165, 1.54) is 0 Å². The van der Waals surface area contributed by atoms with Gasteiger partial charge in [-0.25, -0.2) is 0 Å². The fourth-order valence-corrected chi connectivity index (χ4v) is 2.26. The highest BCUT2D eigenvalue weighted by atomic mass is 79.9. The Bertz CT molecular complexity index is 560. The van der Waals surface area contributed by atoms with Gasteiger partial charge in [0.15, 0.2) is 0 Å². The number of pyridine rings is 1. The minimum Gasteiger partial charge on any atom is -0.454 e. The summed E-state index contributed by atoms with van der Waals surface area (Å²) in [5, 5.41) is 10.2. The van der Waals surface area contributed by atoms with E-state index in [1.807, 2.05) is 13.0 Å². The Morgan fingerprint density at radius 1 is 1.37 bits per heavy atom. The molecule has 1 N–H and O–H groups in total. The molecule has 0 aliphatic rings. The quantitative estimate of drug-likeness (QED) is 0.873. The third-order valence-corrected chi connectivity index (χ3v) is 3.40. The summed E-state index contributed by atoms with van der Waals surface area (Å²) in [5.41, 5.74) is 0.636. The molecule has 1 atom stereocenters. The minimum absolute atomic E-state index is 0.520. The highest BCUT2D eigenvalue weighted by Crippen LogP contribution is 2.31. The van der Waals surface area contributed by atoms with Gasteiger partial charge < -0.3 is 9.84 Å². The minimum atomic E-state index is -0.537. The zero-order valence-corrected chi connectivity index (χ0v) is 12.6. The zero-order valence-electron chi connectivity index (χ0n) is 10.3. The Kier molecular flexibility index (Phi) is 4.80. The number of aromatic nitrogens is 1. The number of rotatable bonds is 4. The molecule has 0 saturated carbocycles. The van der Waals surface area contributed by atoms with Crippen molar-refractivity contribution in [1.29, 1.82) is 0 Å². The SMILES string of the molecule is CCC(O)c1ccc(Oc2ccc(Br)cc2Cl)cn1. The maximum absolute atomic E-state index is 9.65. The van der Waals surface area contributed by atoms with E-state index in [-0.39, 0.29) is 0 Å². The summed E-state index contributed by atoms with van der Waals surface area (Å²) >= 11 is 9.40. The lowest BCUT2D eigenvalue weighted by Gasteiger charge is -2.10. The van der Waals surface area contributed by atoms with Gasteiger partial charge in [-0.05, 0) is 36.8 Å². The first kappa shape index (κ1) is 14.3. The van der Waals surface area contributed by atoms with E-state index in [9.17, 15) is 5.11 Å². The topological polar surface area (TPSA) is 42.4 Å². The van der Waals surface area contributed by atoms with Crippen molar-refractivity contribution in [2.75, 3.05) is 0 Å². The van der Waals surface area contributed by atoms with Gasteiger partial charge in [-0.15, -0.1) is 0 Å². The van der Waals surface area contributed by atoms with Gasteiger partial charge in [0.2, 0.25) is 0 Å². The number of halogens is 2. The van der Waals surface area contributed by atoms with E-state index < -0.39 is 6.10 Å². The standard InChI is InChI=1S/C14H13BrClNO2/c1-2-13(18)12-5-4-10(8-17-12)19-14-6-3-9(15)7-11(14)16/h3-8,13,18H,2H2,1H3. The second-order valence-electron chi connectivity index (χ2n) is 4.02. The van der Waals surface area contributed by atoms with Gasteiger partial charge in [0, 0.05) is 4.47 Å². The number of aliphatic hydroxyl groups excluding tert-OH is 1. The third-order valence-electron chi connectivity index (χ3n) is 2.61. The van der Waals surface area contributed by atoms with Crippen molar-refractivity contribution in [3.63, 3.8) is 0 Å². The molecule has 3 nitrogen and oxygen atoms in total. The van der Waals surface area contributed by atoms with Gasteiger partial charge in [0.05, 0.1) is 23.0 Å². The van der Waals surface area contributed by atoms with E-state index in [4.69, 9.17) is 16.3 Å². The van der Waals surface area contributed by atoms with Gasteiger partial charge >= 0.3 is 0 Å². The van der Waals surface area contributed by atoms with E-state index in [0.29, 0.717) is 28.6 Å². The lowest BCUT2D eigenvalue weighted by Crippen LogP contribution is -1.98. The molecule has 0 amide bonds. The molecule has 0 fully saturated rings. The molecule has 19 heavy (non-hydrogen) atoms. The molecule has 2 rings (SSSR count). The van der Waals surface area contributed by atoms with Crippen LogP contribution in [0, 0.1) is 0 Å². The van der Waals surface area contributed by atoms with Crippen molar-refractivity contribution in [3.8, 4) is 11.5 Å². The largest absolute Gasteiger partial charge is 0.454 e. The van der Waals surface area contributed by atoms with Crippen LogP contribution >= 0.6 is 27.5 Å². The number of nitrogens with zero attached hydrogens (tertiary/aromatic N) is 1. The number of aliphatic hydroxyl groups is 1. The molecule has 5 heteroatoms. The number of ether oxygens (including phenoxy) is 1. The molecular formula is C14H13BrClNO2. The smallest absolute Gasteiger partial charge is 0.146 e. The van der Waals surface area contributed by atoms with Crippen molar-refractivity contribution < 1.29 is 9.84 Å². The highest BCUT2D eigenvalue weighted by molar-refractivity contribution is 9.10. The second-order valence-corrected chi connectivity index (χ2v) is 5.34. The molecule has 0 spiro atoms. The molecule has 0 aliphatic heterocycles. The molecule has 1 heterocycles. The van der Waals surface area contributed by atoms with Gasteiger partial charge in [-0.1, -0.05) is 34.5 Å². The molecule has 0 saturated heterocycles. The van der Waals surface area contributed by atoms with Crippen LogP contribution in [0.3, 0.4) is 0 Å². The van der Waals surface area contributed by atoms with E-state index in [2.05, 4.69) is 20.9 Å². The van der Waals surface area contributed by atoms with Gasteiger partial charge in [0.25, 0.3) is 0 Å². The van der Waals surface area contributed by atoms with Crippen molar-refractivity contribution in [1.82, 2.24) is 4.98 Å².